The predicted molar refractivity (Wildman–Crippen MR) is 68.2 cm³/mol. The first kappa shape index (κ1) is 14.0. The maximum absolute atomic E-state index is 9.89. The molecule has 0 aromatic heterocycles. The molecule has 17 heavy (non-hydrogen) atoms. The number of hydrogen-bond donors (Lipinski definition) is 2. The van der Waals surface area contributed by atoms with E-state index in [4.69, 9.17) is 4.74 Å². The van der Waals surface area contributed by atoms with Crippen LogP contribution in [-0.2, 0) is 6.42 Å². The number of benzene rings is 1. The van der Waals surface area contributed by atoms with Crippen molar-refractivity contribution in [1.29, 1.82) is 0 Å². The molecule has 2 atom stereocenters. The molecule has 0 saturated heterocycles. The molecule has 0 bridgehead atoms. The van der Waals surface area contributed by atoms with E-state index in [9.17, 15) is 10.2 Å². The van der Waals surface area contributed by atoms with Crippen LogP contribution in [0.1, 0.15) is 25.8 Å². The van der Waals surface area contributed by atoms with Crippen molar-refractivity contribution in [2.45, 2.75) is 38.9 Å². The van der Waals surface area contributed by atoms with Gasteiger partial charge in [0.25, 0.3) is 0 Å². The average Bonchev–Trinajstić information content (AvgIpc) is 2.28. The van der Waals surface area contributed by atoms with Gasteiger partial charge in [-0.15, -0.1) is 0 Å². The lowest BCUT2D eigenvalue weighted by molar-refractivity contribution is 0.00813. The average molecular weight is 238 g/mol. The lowest BCUT2D eigenvalue weighted by atomic mass is 9.97. The van der Waals surface area contributed by atoms with Gasteiger partial charge in [-0.1, -0.05) is 26.0 Å². The van der Waals surface area contributed by atoms with E-state index in [-0.39, 0.29) is 0 Å². The van der Waals surface area contributed by atoms with E-state index in [2.05, 4.69) is 0 Å². The topological polar surface area (TPSA) is 49.7 Å². The van der Waals surface area contributed by atoms with Crippen LogP contribution in [0.3, 0.4) is 0 Å². The molecular formula is C14H22O3. The highest BCUT2D eigenvalue weighted by Crippen LogP contribution is 2.16. The monoisotopic (exact) mass is 238 g/mol. The molecule has 0 amide bonds. The Morgan fingerprint density at radius 3 is 2.47 bits per heavy atom. The Morgan fingerprint density at radius 2 is 1.88 bits per heavy atom. The lowest BCUT2D eigenvalue weighted by Gasteiger charge is -2.19. The SMILES string of the molecule is COc1cccc(C[C@H](O)[C@H](O)CC(C)C)c1. The van der Waals surface area contributed by atoms with Gasteiger partial charge in [0.2, 0.25) is 0 Å². The maximum Gasteiger partial charge on any atom is 0.119 e. The third-order valence-electron chi connectivity index (χ3n) is 2.74. The zero-order chi connectivity index (χ0) is 12.8. The Morgan fingerprint density at radius 1 is 1.18 bits per heavy atom. The molecule has 96 valence electrons. The summed E-state index contributed by atoms with van der Waals surface area (Å²) in [4.78, 5) is 0. The molecular weight excluding hydrogens is 216 g/mol. The van der Waals surface area contributed by atoms with Crippen molar-refractivity contribution in [1.82, 2.24) is 0 Å². The van der Waals surface area contributed by atoms with Crippen LogP contribution in [0, 0.1) is 5.92 Å². The molecule has 0 heterocycles. The highest BCUT2D eigenvalue weighted by molar-refractivity contribution is 5.28. The highest BCUT2D eigenvalue weighted by atomic mass is 16.5. The Balaban J connectivity index is 2.57. The molecule has 0 fully saturated rings. The van der Waals surface area contributed by atoms with Crippen molar-refractivity contribution in [3.63, 3.8) is 0 Å². The van der Waals surface area contributed by atoms with E-state index >= 15 is 0 Å². The van der Waals surface area contributed by atoms with Gasteiger partial charge in [0.05, 0.1) is 19.3 Å². The molecule has 0 spiro atoms. The molecule has 0 saturated carbocycles. The summed E-state index contributed by atoms with van der Waals surface area (Å²) in [6.45, 7) is 4.06. The van der Waals surface area contributed by atoms with Crippen LogP contribution >= 0.6 is 0 Å². The number of aliphatic hydroxyl groups excluding tert-OH is 2. The standard InChI is InChI=1S/C14H22O3/c1-10(2)7-13(15)14(16)9-11-5-4-6-12(8-11)17-3/h4-6,8,10,13-16H,7,9H2,1-3H3/t13-,14+/m1/s1. The van der Waals surface area contributed by atoms with Gasteiger partial charge in [-0.05, 0) is 30.0 Å². The quantitative estimate of drug-likeness (QED) is 0.797. The largest absolute Gasteiger partial charge is 0.497 e. The summed E-state index contributed by atoms with van der Waals surface area (Å²) in [5, 5.41) is 19.7. The molecule has 2 N–H and O–H groups in total. The van der Waals surface area contributed by atoms with Crippen molar-refractivity contribution in [2.24, 2.45) is 5.92 Å². The minimum Gasteiger partial charge on any atom is -0.497 e. The minimum atomic E-state index is -0.718. The summed E-state index contributed by atoms with van der Waals surface area (Å²) < 4.78 is 5.12. The van der Waals surface area contributed by atoms with Crippen LogP contribution in [0.5, 0.6) is 5.75 Å². The van der Waals surface area contributed by atoms with E-state index in [1.54, 1.807) is 7.11 Å². The van der Waals surface area contributed by atoms with Gasteiger partial charge in [0, 0.05) is 6.42 Å². The molecule has 1 aromatic carbocycles. The lowest BCUT2D eigenvalue weighted by Crippen LogP contribution is -2.29. The third-order valence-corrected chi connectivity index (χ3v) is 2.74. The van der Waals surface area contributed by atoms with Crippen molar-refractivity contribution < 1.29 is 14.9 Å². The first-order valence-electron chi connectivity index (χ1n) is 6.02. The van der Waals surface area contributed by atoms with Gasteiger partial charge in [-0.25, -0.2) is 0 Å². The van der Waals surface area contributed by atoms with Crippen LogP contribution in [0.15, 0.2) is 24.3 Å². The smallest absolute Gasteiger partial charge is 0.119 e. The molecule has 0 aliphatic rings. The Bertz CT molecular complexity index is 336. The Labute approximate surface area is 103 Å². The predicted octanol–water partition coefficient (Wildman–Crippen LogP) is 2.01. The second-order valence-corrected chi connectivity index (χ2v) is 4.82. The zero-order valence-corrected chi connectivity index (χ0v) is 10.8. The van der Waals surface area contributed by atoms with Crippen molar-refractivity contribution in [2.75, 3.05) is 7.11 Å². The summed E-state index contributed by atoms with van der Waals surface area (Å²) in [7, 11) is 1.61. The number of hydrogen-bond acceptors (Lipinski definition) is 3. The molecule has 3 nitrogen and oxygen atoms in total. The second kappa shape index (κ2) is 6.62. The Hall–Kier alpha value is -1.06. The summed E-state index contributed by atoms with van der Waals surface area (Å²) >= 11 is 0. The van der Waals surface area contributed by atoms with E-state index in [1.807, 2.05) is 38.1 Å². The van der Waals surface area contributed by atoms with E-state index in [0.717, 1.165) is 11.3 Å². The summed E-state index contributed by atoms with van der Waals surface area (Å²) in [5.41, 5.74) is 0.972. The fourth-order valence-electron chi connectivity index (χ4n) is 1.82. The minimum absolute atomic E-state index is 0.380. The molecule has 0 aliphatic carbocycles. The van der Waals surface area contributed by atoms with Gasteiger partial charge < -0.3 is 14.9 Å². The van der Waals surface area contributed by atoms with Gasteiger partial charge in [-0.2, -0.15) is 0 Å². The Kier molecular flexibility index (Phi) is 5.45. The maximum atomic E-state index is 9.89. The number of aliphatic hydroxyl groups is 2. The van der Waals surface area contributed by atoms with Gasteiger partial charge >= 0.3 is 0 Å². The van der Waals surface area contributed by atoms with Gasteiger partial charge in [0.1, 0.15) is 5.75 Å². The van der Waals surface area contributed by atoms with Crippen LogP contribution in [-0.4, -0.2) is 29.5 Å². The van der Waals surface area contributed by atoms with Crippen LogP contribution in [0.25, 0.3) is 0 Å². The van der Waals surface area contributed by atoms with Crippen LogP contribution < -0.4 is 4.74 Å². The normalized spacial score (nSPS) is 14.7. The molecule has 0 radical (unpaired) electrons. The van der Waals surface area contributed by atoms with Crippen LogP contribution in [0.2, 0.25) is 0 Å². The van der Waals surface area contributed by atoms with E-state index in [0.29, 0.717) is 18.8 Å². The fraction of sp³-hybridized carbons (Fsp3) is 0.571. The van der Waals surface area contributed by atoms with Crippen molar-refractivity contribution in [3.8, 4) is 5.75 Å². The molecule has 1 aromatic rings. The highest BCUT2D eigenvalue weighted by Gasteiger charge is 2.17. The summed E-state index contributed by atoms with van der Waals surface area (Å²) in [6, 6.07) is 7.55. The number of ether oxygens (including phenoxy) is 1. The van der Waals surface area contributed by atoms with E-state index < -0.39 is 12.2 Å². The first-order valence-corrected chi connectivity index (χ1v) is 6.02. The molecule has 3 heteroatoms. The number of methoxy groups -OCH3 is 1. The van der Waals surface area contributed by atoms with Crippen LogP contribution in [0.4, 0.5) is 0 Å². The van der Waals surface area contributed by atoms with Crippen molar-refractivity contribution >= 4 is 0 Å². The first-order chi connectivity index (χ1) is 8.02. The molecule has 1 rings (SSSR count). The molecule has 0 unspecified atom stereocenters. The van der Waals surface area contributed by atoms with Crippen molar-refractivity contribution in [3.05, 3.63) is 29.8 Å². The van der Waals surface area contributed by atoms with Gasteiger partial charge in [-0.3, -0.25) is 0 Å². The van der Waals surface area contributed by atoms with E-state index in [1.165, 1.54) is 0 Å². The molecule has 0 aliphatic heterocycles. The second-order valence-electron chi connectivity index (χ2n) is 4.82. The third kappa shape index (κ3) is 4.75. The summed E-state index contributed by atoms with van der Waals surface area (Å²) in [6.07, 6.45) is -0.318. The number of rotatable bonds is 6. The zero-order valence-electron chi connectivity index (χ0n) is 10.8. The fourth-order valence-corrected chi connectivity index (χ4v) is 1.82. The summed E-state index contributed by atoms with van der Waals surface area (Å²) in [5.74, 6) is 1.15. The van der Waals surface area contributed by atoms with Gasteiger partial charge in [0.15, 0.2) is 0 Å².